The summed E-state index contributed by atoms with van der Waals surface area (Å²) >= 11 is 0. The number of rotatable bonds is 2. The van der Waals surface area contributed by atoms with Crippen molar-refractivity contribution in [1.29, 1.82) is 0 Å². The Morgan fingerprint density at radius 1 is 1.43 bits per heavy atom. The molecule has 3 nitrogen and oxygen atoms in total. The van der Waals surface area contributed by atoms with Crippen LogP contribution in [0, 0.1) is 6.92 Å². The summed E-state index contributed by atoms with van der Waals surface area (Å²) in [5, 5.41) is 3.43. The summed E-state index contributed by atoms with van der Waals surface area (Å²) in [5.74, 6) is 2.11. The molecule has 0 aromatic carbocycles. The van der Waals surface area contributed by atoms with E-state index in [9.17, 15) is 0 Å². The highest BCUT2D eigenvalue weighted by atomic mass is 15.2. The van der Waals surface area contributed by atoms with E-state index in [2.05, 4.69) is 21.8 Å². The molecule has 1 saturated heterocycles. The molecule has 3 heteroatoms. The number of hydrogen-bond donors (Lipinski definition) is 1. The zero-order valence-corrected chi connectivity index (χ0v) is 8.66. The minimum absolute atomic E-state index is 0.660. The number of aryl methyl sites for hydroxylation is 1. The first-order valence-electron chi connectivity index (χ1n) is 5.60. The molecule has 1 N–H and O–H groups in total. The molecule has 76 valence electrons. The van der Waals surface area contributed by atoms with Crippen molar-refractivity contribution >= 4 is 0 Å². The topological polar surface area (TPSA) is 29.9 Å². The van der Waals surface area contributed by atoms with Crippen LogP contribution < -0.4 is 5.32 Å². The number of imidazole rings is 1. The van der Waals surface area contributed by atoms with Crippen molar-refractivity contribution in [2.24, 2.45) is 0 Å². The lowest BCUT2D eigenvalue weighted by Gasteiger charge is -2.16. The second kappa shape index (κ2) is 3.09. The Labute approximate surface area is 84.5 Å². The van der Waals surface area contributed by atoms with E-state index in [4.69, 9.17) is 0 Å². The lowest BCUT2D eigenvalue weighted by molar-refractivity contribution is 0.513. The van der Waals surface area contributed by atoms with Gasteiger partial charge in [-0.2, -0.15) is 0 Å². The molecule has 1 saturated carbocycles. The van der Waals surface area contributed by atoms with Crippen molar-refractivity contribution in [3.8, 4) is 0 Å². The van der Waals surface area contributed by atoms with E-state index in [1.54, 1.807) is 0 Å². The summed E-state index contributed by atoms with van der Waals surface area (Å²) in [7, 11) is 0. The largest absolute Gasteiger partial charge is 0.328 e. The standard InChI is InChI=1S/C11H17N3/c1-8-6-13-11(9-2-3-9)14(8)10-4-5-12-7-10/h6,9-10,12H,2-5,7H2,1H3. The monoisotopic (exact) mass is 191 g/mol. The van der Waals surface area contributed by atoms with E-state index >= 15 is 0 Å². The lowest BCUT2D eigenvalue weighted by atomic mass is 10.2. The van der Waals surface area contributed by atoms with E-state index < -0.39 is 0 Å². The predicted molar refractivity (Wildman–Crippen MR) is 55.5 cm³/mol. The van der Waals surface area contributed by atoms with Crippen LogP contribution in [0.3, 0.4) is 0 Å². The van der Waals surface area contributed by atoms with Crippen LogP contribution in [-0.2, 0) is 0 Å². The zero-order chi connectivity index (χ0) is 9.54. The second-order valence-electron chi connectivity index (χ2n) is 4.55. The Morgan fingerprint density at radius 2 is 2.29 bits per heavy atom. The molecule has 14 heavy (non-hydrogen) atoms. The van der Waals surface area contributed by atoms with Crippen LogP contribution in [0.2, 0.25) is 0 Å². The Balaban J connectivity index is 1.96. The summed E-state index contributed by atoms with van der Waals surface area (Å²) in [6, 6.07) is 0.660. The molecule has 3 rings (SSSR count). The molecule has 1 atom stereocenters. The fourth-order valence-corrected chi connectivity index (χ4v) is 2.44. The van der Waals surface area contributed by atoms with Crippen molar-refractivity contribution in [3.63, 3.8) is 0 Å². The first-order valence-corrected chi connectivity index (χ1v) is 5.60. The van der Waals surface area contributed by atoms with Gasteiger partial charge in [0.1, 0.15) is 5.82 Å². The second-order valence-corrected chi connectivity index (χ2v) is 4.55. The van der Waals surface area contributed by atoms with Gasteiger partial charge in [-0.15, -0.1) is 0 Å². The van der Waals surface area contributed by atoms with E-state index in [1.807, 2.05) is 6.20 Å². The van der Waals surface area contributed by atoms with Gasteiger partial charge in [-0.1, -0.05) is 0 Å². The van der Waals surface area contributed by atoms with E-state index in [0.717, 1.165) is 19.0 Å². The highest BCUT2D eigenvalue weighted by Crippen LogP contribution is 2.40. The Kier molecular flexibility index (Phi) is 1.87. The number of aromatic nitrogens is 2. The maximum Gasteiger partial charge on any atom is 0.112 e. The van der Waals surface area contributed by atoms with Gasteiger partial charge in [0.15, 0.2) is 0 Å². The predicted octanol–water partition coefficient (Wildman–Crippen LogP) is 1.60. The van der Waals surface area contributed by atoms with Crippen LogP contribution >= 0.6 is 0 Å². The van der Waals surface area contributed by atoms with E-state index in [1.165, 1.54) is 30.8 Å². The molecular formula is C11H17N3. The molecule has 1 aliphatic heterocycles. The Morgan fingerprint density at radius 3 is 2.93 bits per heavy atom. The van der Waals surface area contributed by atoms with Gasteiger partial charge in [0.25, 0.3) is 0 Å². The van der Waals surface area contributed by atoms with Gasteiger partial charge in [0.05, 0.1) is 0 Å². The number of hydrogen-bond acceptors (Lipinski definition) is 2. The molecular weight excluding hydrogens is 174 g/mol. The third-order valence-corrected chi connectivity index (χ3v) is 3.35. The molecule has 2 aliphatic rings. The van der Waals surface area contributed by atoms with Gasteiger partial charge >= 0.3 is 0 Å². The third-order valence-electron chi connectivity index (χ3n) is 3.35. The zero-order valence-electron chi connectivity index (χ0n) is 8.66. The van der Waals surface area contributed by atoms with Crippen LogP contribution in [0.4, 0.5) is 0 Å². The van der Waals surface area contributed by atoms with E-state index in [0.29, 0.717) is 6.04 Å². The minimum Gasteiger partial charge on any atom is -0.328 e. The summed E-state index contributed by atoms with van der Waals surface area (Å²) < 4.78 is 2.47. The fraction of sp³-hybridized carbons (Fsp3) is 0.727. The molecule has 0 bridgehead atoms. The molecule has 0 spiro atoms. The van der Waals surface area contributed by atoms with Gasteiger partial charge in [0, 0.05) is 30.4 Å². The third kappa shape index (κ3) is 1.27. The van der Waals surface area contributed by atoms with Gasteiger partial charge in [-0.25, -0.2) is 4.98 Å². The molecule has 0 radical (unpaired) electrons. The first-order chi connectivity index (χ1) is 6.86. The first kappa shape index (κ1) is 8.48. The smallest absolute Gasteiger partial charge is 0.112 e. The number of nitrogens with zero attached hydrogens (tertiary/aromatic N) is 2. The average molecular weight is 191 g/mol. The quantitative estimate of drug-likeness (QED) is 0.769. The van der Waals surface area contributed by atoms with Crippen LogP contribution in [0.15, 0.2) is 6.20 Å². The van der Waals surface area contributed by atoms with Crippen LogP contribution in [-0.4, -0.2) is 22.6 Å². The van der Waals surface area contributed by atoms with Crippen LogP contribution in [0.1, 0.15) is 42.7 Å². The van der Waals surface area contributed by atoms with Crippen molar-refractivity contribution < 1.29 is 0 Å². The summed E-state index contributed by atoms with van der Waals surface area (Å²) in [6.07, 6.45) is 5.98. The summed E-state index contributed by atoms with van der Waals surface area (Å²) in [5.41, 5.74) is 1.33. The molecule has 2 heterocycles. The van der Waals surface area contributed by atoms with Crippen molar-refractivity contribution in [1.82, 2.24) is 14.9 Å². The molecule has 1 aromatic heterocycles. The molecule has 0 amide bonds. The molecule has 1 aromatic rings. The van der Waals surface area contributed by atoms with Crippen molar-refractivity contribution in [3.05, 3.63) is 17.7 Å². The Bertz CT molecular complexity index is 332. The minimum atomic E-state index is 0.660. The fourth-order valence-electron chi connectivity index (χ4n) is 2.44. The Hall–Kier alpha value is -0.830. The lowest BCUT2D eigenvalue weighted by Crippen LogP contribution is -2.16. The molecule has 2 fully saturated rings. The molecule has 1 aliphatic carbocycles. The SMILES string of the molecule is Cc1cnc(C2CC2)n1C1CCNC1. The van der Waals surface area contributed by atoms with Crippen LogP contribution in [0.5, 0.6) is 0 Å². The van der Waals surface area contributed by atoms with Gasteiger partial charge in [-0.05, 0) is 32.7 Å². The van der Waals surface area contributed by atoms with Gasteiger partial charge < -0.3 is 9.88 Å². The van der Waals surface area contributed by atoms with Crippen LogP contribution in [0.25, 0.3) is 0 Å². The summed E-state index contributed by atoms with van der Waals surface area (Å²) in [4.78, 5) is 4.56. The maximum atomic E-state index is 4.56. The maximum absolute atomic E-state index is 4.56. The van der Waals surface area contributed by atoms with Crippen molar-refractivity contribution in [2.45, 2.75) is 38.1 Å². The molecule has 1 unspecified atom stereocenters. The van der Waals surface area contributed by atoms with Gasteiger partial charge in [-0.3, -0.25) is 0 Å². The average Bonchev–Trinajstić information content (AvgIpc) is 2.75. The highest BCUT2D eigenvalue weighted by Gasteiger charge is 2.31. The highest BCUT2D eigenvalue weighted by molar-refractivity contribution is 5.14. The van der Waals surface area contributed by atoms with E-state index in [-0.39, 0.29) is 0 Å². The van der Waals surface area contributed by atoms with Crippen molar-refractivity contribution in [2.75, 3.05) is 13.1 Å². The summed E-state index contributed by atoms with van der Waals surface area (Å²) in [6.45, 7) is 4.46. The van der Waals surface area contributed by atoms with Gasteiger partial charge in [0.2, 0.25) is 0 Å². The number of nitrogens with one attached hydrogen (secondary N) is 1. The normalized spacial score (nSPS) is 27.1.